The van der Waals surface area contributed by atoms with E-state index in [1.165, 1.54) is 12.3 Å². The van der Waals surface area contributed by atoms with E-state index in [4.69, 9.17) is 4.42 Å². The second-order valence-electron chi connectivity index (χ2n) is 5.70. The van der Waals surface area contributed by atoms with Crippen molar-refractivity contribution >= 4 is 0 Å². The van der Waals surface area contributed by atoms with Gasteiger partial charge in [0.05, 0.1) is 11.1 Å². The molecule has 2 heterocycles. The highest BCUT2D eigenvalue weighted by Crippen LogP contribution is 2.35. The van der Waals surface area contributed by atoms with Crippen LogP contribution in [0, 0.1) is 13.8 Å². The fourth-order valence-corrected chi connectivity index (χ4v) is 2.72. The van der Waals surface area contributed by atoms with Crippen LogP contribution in [-0.4, -0.2) is 0 Å². The zero-order valence-electron chi connectivity index (χ0n) is 13.6. The summed E-state index contributed by atoms with van der Waals surface area (Å²) >= 11 is 0. The van der Waals surface area contributed by atoms with Gasteiger partial charge >= 0.3 is 12.1 Å². The van der Waals surface area contributed by atoms with E-state index in [-0.39, 0.29) is 0 Å². The first kappa shape index (κ1) is 16.2. The van der Waals surface area contributed by atoms with Gasteiger partial charge in [0.25, 0.3) is 0 Å². The molecule has 6 heteroatoms. The fraction of sp³-hybridized carbons (Fsp3) is 0.222. The van der Waals surface area contributed by atoms with Crippen molar-refractivity contribution in [1.29, 1.82) is 0 Å². The summed E-state index contributed by atoms with van der Waals surface area (Å²) in [4.78, 5) is 0. The topological polar surface area (TPSA) is 20.9 Å². The predicted molar refractivity (Wildman–Crippen MR) is 81.3 cm³/mol. The van der Waals surface area contributed by atoms with Crippen LogP contribution in [0.1, 0.15) is 16.8 Å². The van der Waals surface area contributed by atoms with Gasteiger partial charge in [-0.3, -0.25) is 0 Å². The number of alkyl halides is 3. The average molecular weight is 334 g/mol. The normalized spacial score (nSPS) is 11.8. The van der Waals surface area contributed by atoms with Crippen LogP contribution in [-0.2, 0) is 13.2 Å². The van der Waals surface area contributed by atoms with Gasteiger partial charge in [-0.1, -0.05) is 6.07 Å². The molecule has 124 valence electrons. The van der Waals surface area contributed by atoms with E-state index in [0.29, 0.717) is 22.7 Å². The Morgan fingerprint density at radius 1 is 1.04 bits per heavy atom. The molecule has 3 nitrogen and oxygen atoms in total. The minimum Gasteiger partial charge on any atom is -0.406 e. The van der Waals surface area contributed by atoms with E-state index in [9.17, 15) is 13.2 Å². The lowest BCUT2D eigenvalue weighted by Gasteiger charge is -2.11. The smallest absolute Gasteiger partial charge is 0.406 e. The molecule has 0 N–H and O–H groups in total. The second-order valence-corrected chi connectivity index (χ2v) is 5.70. The first-order valence-electron chi connectivity index (χ1n) is 7.42. The van der Waals surface area contributed by atoms with Crippen molar-refractivity contribution < 1.29 is 26.7 Å². The van der Waals surface area contributed by atoms with Crippen LogP contribution in [0.5, 0.6) is 0 Å². The molecule has 3 aromatic rings. The minimum atomic E-state index is -4.44. The molecule has 0 saturated carbocycles. The van der Waals surface area contributed by atoms with Gasteiger partial charge in [0.15, 0.2) is 18.2 Å². The number of nitrogens with zero attached hydrogens (tertiary/aromatic N) is 2. The van der Waals surface area contributed by atoms with E-state index < -0.39 is 11.7 Å². The molecule has 3 rings (SSSR count). The Morgan fingerprint density at radius 2 is 1.79 bits per heavy atom. The zero-order chi connectivity index (χ0) is 17.5. The summed E-state index contributed by atoms with van der Waals surface area (Å²) in [7, 11) is 1.74. The van der Waals surface area contributed by atoms with Gasteiger partial charge in [-0.2, -0.15) is 22.3 Å². The highest BCUT2D eigenvalue weighted by molar-refractivity contribution is 5.63. The number of halogens is 3. The summed E-state index contributed by atoms with van der Waals surface area (Å²) in [5, 5.41) is 0. The van der Waals surface area contributed by atoms with E-state index in [1.54, 1.807) is 41.6 Å². The number of hydrogen-bond donors (Lipinski definition) is 0. The fourth-order valence-electron chi connectivity index (χ4n) is 2.72. The van der Waals surface area contributed by atoms with Crippen LogP contribution < -0.4 is 9.13 Å². The van der Waals surface area contributed by atoms with Gasteiger partial charge in [-0.25, -0.2) is 0 Å². The summed E-state index contributed by atoms with van der Waals surface area (Å²) in [6, 6.07) is 7.80. The number of aromatic nitrogens is 2. The molecule has 0 aliphatic heterocycles. The lowest BCUT2D eigenvalue weighted by molar-refractivity contribution is -0.662. The maximum Gasteiger partial charge on any atom is 0.416 e. The zero-order valence-corrected chi connectivity index (χ0v) is 13.6. The van der Waals surface area contributed by atoms with Crippen LogP contribution in [0.3, 0.4) is 0 Å². The first-order chi connectivity index (χ1) is 11.3. The molecule has 0 radical (unpaired) electrons. The molecule has 0 spiro atoms. The molecule has 1 aromatic carbocycles. The maximum atomic E-state index is 13.4. The molecule has 0 aliphatic rings. The third-order valence-corrected chi connectivity index (χ3v) is 4.05. The van der Waals surface area contributed by atoms with Gasteiger partial charge in [0.2, 0.25) is 11.9 Å². The van der Waals surface area contributed by atoms with Crippen LogP contribution in [0.15, 0.2) is 53.4 Å². The van der Waals surface area contributed by atoms with Crippen LogP contribution >= 0.6 is 0 Å². The first-order valence-corrected chi connectivity index (χ1v) is 7.42. The highest BCUT2D eigenvalue weighted by Gasteiger charge is 2.35. The number of hydrogen-bond acceptors (Lipinski definition) is 1. The second kappa shape index (κ2) is 5.78. The van der Waals surface area contributed by atoms with Crippen molar-refractivity contribution in [3.63, 3.8) is 0 Å². The standard InChI is InChI=1S/C18H17F3N2O/c1-12-6-4-5-7-23(12)16-11-14(18(19,20)21)10-15(13(16)2)17-22(3)8-9-24-17/h4-11H,1-3H3/q+2. The summed E-state index contributed by atoms with van der Waals surface area (Å²) in [6.07, 6.45) is 0.431. The molecule has 0 bridgehead atoms. The van der Waals surface area contributed by atoms with Crippen molar-refractivity contribution in [3.05, 3.63) is 65.8 Å². The minimum absolute atomic E-state index is 0.383. The van der Waals surface area contributed by atoms with Gasteiger partial charge in [0.1, 0.15) is 7.05 Å². The number of benzene rings is 1. The Labute approximate surface area is 137 Å². The van der Waals surface area contributed by atoms with E-state index in [1.807, 2.05) is 19.1 Å². The summed E-state index contributed by atoms with van der Waals surface area (Å²) in [5.74, 6) is 0.383. The summed E-state index contributed by atoms with van der Waals surface area (Å²) in [5.41, 5.74) is 1.75. The average Bonchev–Trinajstić information content (AvgIpc) is 2.93. The molecular formula is C18H17F3N2O+2. The number of rotatable bonds is 2. The van der Waals surface area contributed by atoms with Gasteiger partial charge in [-0.05, 0) is 13.0 Å². The monoisotopic (exact) mass is 334 g/mol. The van der Waals surface area contributed by atoms with E-state index >= 15 is 0 Å². The van der Waals surface area contributed by atoms with Crippen molar-refractivity contribution in [2.75, 3.05) is 0 Å². The third kappa shape index (κ3) is 2.79. The molecule has 0 unspecified atom stereocenters. The van der Waals surface area contributed by atoms with Crippen LogP contribution in [0.25, 0.3) is 17.1 Å². The lowest BCUT2D eigenvalue weighted by atomic mass is 10.0. The van der Waals surface area contributed by atoms with Crippen LogP contribution in [0.2, 0.25) is 0 Å². The SMILES string of the molecule is Cc1c(-c2occ[n+]2C)cc(C(F)(F)F)cc1-[n+]1ccccc1C. The molecule has 0 amide bonds. The van der Waals surface area contributed by atoms with Crippen molar-refractivity contribution in [3.8, 4) is 17.1 Å². The predicted octanol–water partition coefficient (Wildman–Crippen LogP) is 3.68. The quantitative estimate of drug-likeness (QED) is 0.655. The molecular weight excluding hydrogens is 317 g/mol. The summed E-state index contributed by atoms with van der Waals surface area (Å²) < 4.78 is 49.0. The van der Waals surface area contributed by atoms with Gasteiger partial charge in [-0.15, -0.1) is 0 Å². The Balaban J connectivity index is 2.34. The Kier molecular flexibility index (Phi) is 3.91. The van der Waals surface area contributed by atoms with E-state index in [2.05, 4.69) is 0 Å². The highest BCUT2D eigenvalue weighted by atomic mass is 19.4. The van der Waals surface area contributed by atoms with Crippen molar-refractivity contribution in [2.45, 2.75) is 20.0 Å². The molecule has 0 atom stereocenters. The van der Waals surface area contributed by atoms with Gasteiger partial charge in [0, 0.05) is 30.7 Å². The third-order valence-electron chi connectivity index (χ3n) is 4.05. The molecule has 24 heavy (non-hydrogen) atoms. The van der Waals surface area contributed by atoms with E-state index in [0.717, 1.165) is 11.8 Å². The number of pyridine rings is 1. The summed E-state index contributed by atoms with van der Waals surface area (Å²) in [6.45, 7) is 3.65. The maximum absolute atomic E-state index is 13.4. The van der Waals surface area contributed by atoms with Crippen molar-refractivity contribution in [1.82, 2.24) is 0 Å². The largest absolute Gasteiger partial charge is 0.416 e. The number of oxazole rings is 1. The lowest BCUT2D eigenvalue weighted by Crippen LogP contribution is -2.35. The Hall–Kier alpha value is -2.63. The molecule has 0 saturated heterocycles. The molecule has 2 aromatic heterocycles. The van der Waals surface area contributed by atoms with Crippen molar-refractivity contribution in [2.24, 2.45) is 7.05 Å². The number of aryl methyl sites for hydroxylation is 2. The van der Waals surface area contributed by atoms with Gasteiger partial charge < -0.3 is 4.42 Å². The Morgan fingerprint density at radius 3 is 2.38 bits per heavy atom. The Bertz CT molecular complexity index is 898. The van der Waals surface area contributed by atoms with Crippen LogP contribution in [0.4, 0.5) is 13.2 Å². The molecule has 0 aliphatic carbocycles. The molecule has 0 fully saturated rings.